The zero-order chi connectivity index (χ0) is 16.6. The average molecular weight is 368 g/mol. The van der Waals surface area contributed by atoms with Crippen molar-refractivity contribution in [2.45, 2.75) is 107 Å². The summed E-state index contributed by atoms with van der Waals surface area (Å²) in [4.78, 5) is 0.511. The molecular formula is C21H38OP2. The van der Waals surface area contributed by atoms with Gasteiger partial charge in [0.2, 0.25) is 0 Å². The Bertz CT molecular complexity index is 422. The third kappa shape index (κ3) is 3.25. The van der Waals surface area contributed by atoms with E-state index in [2.05, 4.69) is 6.92 Å². The molecule has 4 aliphatic heterocycles. The van der Waals surface area contributed by atoms with Crippen molar-refractivity contribution in [3.05, 3.63) is 0 Å². The molecule has 4 bridgehead atoms. The molecule has 5 fully saturated rings. The summed E-state index contributed by atoms with van der Waals surface area (Å²) in [6.07, 6.45) is 19.1. The normalized spacial score (nSPS) is 51.8. The van der Waals surface area contributed by atoms with Crippen LogP contribution < -0.4 is 0 Å². The monoisotopic (exact) mass is 368 g/mol. The number of aliphatic hydroxyl groups excluding tert-OH is 1. The molecule has 0 aromatic rings. The first kappa shape index (κ1) is 18.2. The molecule has 1 aliphatic carbocycles. The Morgan fingerprint density at radius 1 is 0.792 bits per heavy atom. The summed E-state index contributed by atoms with van der Waals surface area (Å²) in [5.74, 6) is 1.83. The topological polar surface area (TPSA) is 20.2 Å². The van der Waals surface area contributed by atoms with Crippen LogP contribution in [0, 0.1) is 17.3 Å². The summed E-state index contributed by atoms with van der Waals surface area (Å²) in [5, 5.41) is 10.7. The minimum Gasteiger partial charge on any atom is -0.396 e. The van der Waals surface area contributed by atoms with Gasteiger partial charge in [-0.3, -0.25) is 0 Å². The van der Waals surface area contributed by atoms with Crippen LogP contribution in [0.25, 0.3) is 0 Å². The highest BCUT2D eigenvalue weighted by Crippen LogP contribution is 2.71. The van der Waals surface area contributed by atoms with Gasteiger partial charge in [-0.1, -0.05) is 45.4 Å². The Balaban J connectivity index is 1.78. The maximum atomic E-state index is 10.7. The zero-order valence-electron chi connectivity index (χ0n) is 15.7. The van der Waals surface area contributed by atoms with Crippen LogP contribution in [0.5, 0.6) is 0 Å². The van der Waals surface area contributed by atoms with Gasteiger partial charge in [-0.25, -0.2) is 0 Å². The zero-order valence-corrected chi connectivity index (χ0v) is 17.7. The van der Waals surface area contributed by atoms with Crippen molar-refractivity contribution >= 4 is 17.2 Å². The van der Waals surface area contributed by atoms with Crippen LogP contribution in [-0.2, 0) is 0 Å². The Labute approximate surface area is 153 Å². The van der Waals surface area contributed by atoms with E-state index in [1.165, 1.54) is 83.5 Å². The van der Waals surface area contributed by atoms with Crippen molar-refractivity contribution in [3.8, 4) is 0 Å². The van der Waals surface area contributed by atoms with Crippen molar-refractivity contribution in [2.24, 2.45) is 17.3 Å². The molecule has 1 spiro atoms. The van der Waals surface area contributed by atoms with Gasteiger partial charge in [0.25, 0.3) is 0 Å². The number of fused-ring (bicyclic) bond motifs is 6. The van der Waals surface area contributed by atoms with Crippen molar-refractivity contribution in [3.63, 3.8) is 0 Å². The molecule has 1 saturated carbocycles. The summed E-state index contributed by atoms with van der Waals surface area (Å²) in [6.45, 7) is 2.99. The van der Waals surface area contributed by atoms with Gasteiger partial charge in [0, 0.05) is 16.9 Å². The smallest absolute Gasteiger partial charge is 0.0496 e. The van der Waals surface area contributed by atoms with Crippen LogP contribution in [0.1, 0.15) is 90.4 Å². The molecule has 0 radical (unpaired) electrons. The highest BCUT2D eigenvalue weighted by atomic mass is 31.1. The number of rotatable bonds is 1. The minimum atomic E-state index is 0.207. The fourth-order valence-corrected chi connectivity index (χ4v) is 13.1. The standard InChI is InChI=1S/C21H38OP2/c1-20(15-22)14-16-6-2-10-18(11-3-7-16)23-21(20)17-8-4-12-19(24-21)13-5-9-17/h16-19,22-24H,2-15H2,1H3. The van der Waals surface area contributed by atoms with Gasteiger partial charge in [0.05, 0.1) is 0 Å². The van der Waals surface area contributed by atoms with Gasteiger partial charge < -0.3 is 5.11 Å². The van der Waals surface area contributed by atoms with Gasteiger partial charge in [-0.15, -0.1) is 17.2 Å². The van der Waals surface area contributed by atoms with Crippen LogP contribution in [-0.4, -0.2) is 27.9 Å². The second-order valence-electron chi connectivity index (χ2n) is 9.70. The minimum absolute atomic E-state index is 0.207. The second kappa shape index (κ2) is 7.44. The van der Waals surface area contributed by atoms with Gasteiger partial charge in [-0.2, -0.15) is 0 Å². The fourth-order valence-electron chi connectivity index (χ4n) is 6.78. The van der Waals surface area contributed by atoms with E-state index in [0.717, 1.165) is 40.3 Å². The van der Waals surface area contributed by atoms with Crippen molar-refractivity contribution in [1.29, 1.82) is 0 Å². The van der Waals surface area contributed by atoms with Crippen molar-refractivity contribution in [1.82, 2.24) is 0 Å². The Kier molecular flexibility index (Phi) is 5.64. The first-order valence-electron chi connectivity index (χ1n) is 10.8. The number of hydrogen-bond donors (Lipinski definition) is 1. The molecule has 0 aromatic heterocycles. The van der Waals surface area contributed by atoms with Gasteiger partial charge in [0.15, 0.2) is 0 Å². The van der Waals surface area contributed by atoms with Gasteiger partial charge in [0.1, 0.15) is 0 Å². The largest absolute Gasteiger partial charge is 0.396 e. The quantitative estimate of drug-likeness (QED) is 0.552. The van der Waals surface area contributed by atoms with E-state index in [1.54, 1.807) is 0 Å². The second-order valence-corrected chi connectivity index (χ2v) is 14.0. The maximum Gasteiger partial charge on any atom is 0.0496 e. The Morgan fingerprint density at radius 3 is 1.79 bits per heavy atom. The van der Waals surface area contributed by atoms with E-state index in [-0.39, 0.29) is 5.41 Å². The molecule has 1 N–H and O–H groups in total. The van der Waals surface area contributed by atoms with Crippen LogP contribution in [0.3, 0.4) is 0 Å². The highest BCUT2D eigenvalue weighted by molar-refractivity contribution is 7.60. The predicted octanol–water partition coefficient (Wildman–Crippen LogP) is 6.13. The fraction of sp³-hybridized carbons (Fsp3) is 1.00. The lowest BCUT2D eigenvalue weighted by Gasteiger charge is -2.54. The summed E-state index contributed by atoms with van der Waals surface area (Å²) in [7, 11) is 2.30. The molecule has 24 heavy (non-hydrogen) atoms. The predicted molar refractivity (Wildman–Crippen MR) is 109 cm³/mol. The molecule has 5 aliphatic rings. The lowest BCUT2D eigenvalue weighted by Crippen LogP contribution is -2.48. The molecule has 0 amide bonds. The molecule has 3 heteroatoms. The first-order chi connectivity index (χ1) is 11.7. The molecule has 138 valence electrons. The van der Waals surface area contributed by atoms with Crippen LogP contribution in [0.2, 0.25) is 0 Å². The lowest BCUT2D eigenvalue weighted by molar-refractivity contribution is 0.0716. The van der Waals surface area contributed by atoms with E-state index in [1.807, 2.05) is 0 Å². The third-order valence-electron chi connectivity index (χ3n) is 8.06. The van der Waals surface area contributed by atoms with Crippen molar-refractivity contribution < 1.29 is 5.11 Å². The third-order valence-corrected chi connectivity index (χ3v) is 13.8. The molecule has 4 saturated heterocycles. The lowest BCUT2D eigenvalue weighted by atomic mass is 9.70. The van der Waals surface area contributed by atoms with E-state index >= 15 is 0 Å². The SMILES string of the molecule is CC1(CO)CC2CCCC(CCC2)PC12PC1CCCC2CCC1. The van der Waals surface area contributed by atoms with Crippen molar-refractivity contribution in [2.75, 3.05) is 6.61 Å². The highest BCUT2D eigenvalue weighted by Gasteiger charge is 2.56. The summed E-state index contributed by atoms with van der Waals surface area (Å²) in [6, 6.07) is 0. The van der Waals surface area contributed by atoms with Crippen LogP contribution in [0.15, 0.2) is 0 Å². The Morgan fingerprint density at radius 2 is 1.29 bits per heavy atom. The molecular weight excluding hydrogens is 330 g/mol. The van der Waals surface area contributed by atoms with Gasteiger partial charge in [-0.05, 0) is 68.1 Å². The van der Waals surface area contributed by atoms with E-state index in [4.69, 9.17) is 0 Å². The molecule has 4 atom stereocenters. The first-order valence-corrected chi connectivity index (χ1v) is 13.0. The van der Waals surface area contributed by atoms with E-state index in [9.17, 15) is 5.11 Å². The molecule has 4 unspecified atom stereocenters. The molecule has 1 nitrogen and oxygen atoms in total. The summed E-state index contributed by atoms with van der Waals surface area (Å²) in [5.41, 5.74) is 2.19. The van der Waals surface area contributed by atoms with Crippen LogP contribution >= 0.6 is 17.2 Å². The number of hydrogen-bond acceptors (Lipinski definition) is 1. The van der Waals surface area contributed by atoms with E-state index < -0.39 is 0 Å². The average Bonchev–Trinajstić information content (AvgIpc) is 2.76. The maximum absolute atomic E-state index is 10.7. The molecule has 4 heterocycles. The molecule has 5 rings (SSSR count). The summed E-state index contributed by atoms with van der Waals surface area (Å²) >= 11 is 0. The van der Waals surface area contributed by atoms with Gasteiger partial charge >= 0.3 is 0 Å². The number of aliphatic hydroxyl groups is 1. The molecule has 0 aromatic carbocycles. The summed E-state index contributed by atoms with van der Waals surface area (Å²) < 4.78 is 0. The van der Waals surface area contributed by atoms with E-state index in [0.29, 0.717) is 11.5 Å². The van der Waals surface area contributed by atoms with Crippen LogP contribution in [0.4, 0.5) is 0 Å². The Hall–Kier alpha value is 0.820.